The molecule has 2 aliphatic heterocycles. The lowest BCUT2D eigenvalue weighted by Gasteiger charge is -2.05. The van der Waals surface area contributed by atoms with E-state index in [0.717, 1.165) is 18.0 Å². The van der Waals surface area contributed by atoms with Crippen LogP contribution in [0.3, 0.4) is 0 Å². The van der Waals surface area contributed by atoms with Gasteiger partial charge in [0.25, 0.3) is 0 Å². The van der Waals surface area contributed by atoms with Crippen molar-refractivity contribution in [3.63, 3.8) is 0 Å². The molecule has 1 saturated heterocycles. The van der Waals surface area contributed by atoms with Crippen LogP contribution in [-0.4, -0.2) is 25.9 Å². The van der Waals surface area contributed by atoms with Crippen LogP contribution in [0.2, 0.25) is 0 Å². The molecule has 0 aromatic heterocycles. The summed E-state index contributed by atoms with van der Waals surface area (Å²) in [6.45, 7) is 2.10. The van der Waals surface area contributed by atoms with Crippen LogP contribution in [0.4, 0.5) is 5.69 Å². The molecule has 1 aromatic carbocycles. The summed E-state index contributed by atoms with van der Waals surface area (Å²) in [5.41, 5.74) is 6.75. The Balaban J connectivity index is 1.87. The molecular formula is C10H12N2O2. The van der Waals surface area contributed by atoms with E-state index < -0.39 is 0 Å². The number of anilines is 1. The highest BCUT2D eigenvalue weighted by Crippen LogP contribution is 2.38. The van der Waals surface area contributed by atoms with Crippen molar-refractivity contribution >= 4 is 5.69 Å². The van der Waals surface area contributed by atoms with Gasteiger partial charge in [0.05, 0.1) is 6.04 Å². The number of nitrogens with zero attached hydrogens (tertiary/aromatic N) is 1. The summed E-state index contributed by atoms with van der Waals surface area (Å²) in [5, 5.41) is 0. The van der Waals surface area contributed by atoms with Crippen LogP contribution < -0.4 is 20.1 Å². The van der Waals surface area contributed by atoms with Crippen molar-refractivity contribution in [3.8, 4) is 11.5 Å². The molecule has 4 heteroatoms. The van der Waals surface area contributed by atoms with Gasteiger partial charge in [-0.25, -0.2) is 0 Å². The molecule has 1 aromatic rings. The molecule has 0 radical (unpaired) electrons. The molecule has 3 rings (SSSR count). The van der Waals surface area contributed by atoms with Gasteiger partial charge in [0.1, 0.15) is 0 Å². The van der Waals surface area contributed by atoms with E-state index in [9.17, 15) is 0 Å². The minimum Gasteiger partial charge on any atom is -0.454 e. The van der Waals surface area contributed by atoms with Gasteiger partial charge in [-0.2, -0.15) is 0 Å². The molecular weight excluding hydrogens is 180 g/mol. The largest absolute Gasteiger partial charge is 0.454 e. The lowest BCUT2D eigenvalue weighted by molar-refractivity contribution is 0.174. The third kappa shape index (κ3) is 1.11. The van der Waals surface area contributed by atoms with Gasteiger partial charge in [-0.05, 0) is 12.1 Å². The van der Waals surface area contributed by atoms with Gasteiger partial charge in [-0.3, -0.25) is 0 Å². The lowest BCUT2D eigenvalue weighted by Crippen LogP contribution is -2.11. The number of benzene rings is 1. The van der Waals surface area contributed by atoms with Gasteiger partial charge < -0.3 is 20.1 Å². The Morgan fingerprint density at radius 1 is 1.36 bits per heavy atom. The molecule has 1 fully saturated rings. The fraction of sp³-hybridized carbons (Fsp3) is 0.400. The smallest absolute Gasteiger partial charge is 0.231 e. The highest BCUT2D eigenvalue weighted by atomic mass is 16.7. The van der Waals surface area contributed by atoms with Crippen LogP contribution in [-0.2, 0) is 0 Å². The van der Waals surface area contributed by atoms with Crippen molar-refractivity contribution in [3.05, 3.63) is 18.2 Å². The van der Waals surface area contributed by atoms with E-state index in [1.54, 1.807) is 0 Å². The molecule has 74 valence electrons. The summed E-state index contributed by atoms with van der Waals surface area (Å²) in [7, 11) is 0. The third-order valence-electron chi connectivity index (χ3n) is 2.67. The summed E-state index contributed by atoms with van der Waals surface area (Å²) in [6.07, 6.45) is 0. The summed E-state index contributed by atoms with van der Waals surface area (Å²) in [5.74, 6) is 1.67. The molecule has 14 heavy (non-hydrogen) atoms. The molecule has 4 nitrogen and oxygen atoms in total. The monoisotopic (exact) mass is 192 g/mol. The highest BCUT2D eigenvalue weighted by molar-refractivity contribution is 5.61. The zero-order valence-corrected chi connectivity index (χ0v) is 7.77. The van der Waals surface area contributed by atoms with Crippen LogP contribution in [0.15, 0.2) is 18.2 Å². The maximum Gasteiger partial charge on any atom is 0.231 e. The van der Waals surface area contributed by atoms with E-state index in [4.69, 9.17) is 15.2 Å². The predicted octanol–water partition coefficient (Wildman–Crippen LogP) is 0.563. The highest BCUT2D eigenvalue weighted by Gasteiger charge is 2.33. The molecule has 1 atom stereocenters. The molecule has 0 aliphatic carbocycles. The number of rotatable bonds is 2. The Kier molecular flexibility index (Phi) is 1.58. The van der Waals surface area contributed by atoms with E-state index in [1.165, 1.54) is 5.69 Å². The maximum atomic E-state index is 5.58. The van der Waals surface area contributed by atoms with Crippen molar-refractivity contribution in [2.75, 3.05) is 24.8 Å². The molecule has 0 amide bonds. The van der Waals surface area contributed by atoms with Crippen molar-refractivity contribution in [1.29, 1.82) is 0 Å². The van der Waals surface area contributed by atoms with Gasteiger partial charge in [-0.1, -0.05) is 0 Å². The summed E-state index contributed by atoms with van der Waals surface area (Å²) < 4.78 is 10.5. The number of hydrogen-bond acceptors (Lipinski definition) is 4. The summed E-state index contributed by atoms with van der Waals surface area (Å²) >= 11 is 0. The fourth-order valence-corrected chi connectivity index (χ4v) is 1.76. The molecule has 1 unspecified atom stereocenters. The predicted molar refractivity (Wildman–Crippen MR) is 52.8 cm³/mol. The van der Waals surface area contributed by atoms with Crippen LogP contribution in [0.1, 0.15) is 0 Å². The Hall–Kier alpha value is -1.42. The molecule has 2 aliphatic rings. The summed E-state index contributed by atoms with van der Waals surface area (Å²) in [4.78, 5) is 2.25. The molecule has 2 N–H and O–H groups in total. The molecule has 0 bridgehead atoms. The van der Waals surface area contributed by atoms with Crippen molar-refractivity contribution < 1.29 is 9.47 Å². The fourth-order valence-electron chi connectivity index (χ4n) is 1.76. The first-order chi connectivity index (χ1) is 6.88. The van der Waals surface area contributed by atoms with Crippen molar-refractivity contribution in [1.82, 2.24) is 0 Å². The van der Waals surface area contributed by atoms with Crippen LogP contribution in [0, 0.1) is 0 Å². The Labute approximate surface area is 82.2 Å². The molecule has 0 saturated carbocycles. The minimum atomic E-state index is 0.332. The second kappa shape index (κ2) is 2.78. The van der Waals surface area contributed by atoms with Gasteiger partial charge in [-0.15, -0.1) is 0 Å². The second-order valence-electron chi connectivity index (χ2n) is 3.58. The van der Waals surface area contributed by atoms with Gasteiger partial charge >= 0.3 is 0 Å². The number of ether oxygens (including phenoxy) is 2. The average molecular weight is 192 g/mol. The standard InChI is InChI=1S/C10H12N2O2/c11-4-8-5-12(8)7-1-2-9-10(3-7)14-6-13-9/h1-3,8H,4-6,11H2. The van der Waals surface area contributed by atoms with E-state index in [0.29, 0.717) is 19.4 Å². The van der Waals surface area contributed by atoms with Crippen LogP contribution in [0.25, 0.3) is 0 Å². The Bertz CT molecular complexity index is 367. The topological polar surface area (TPSA) is 47.5 Å². The van der Waals surface area contributed by atoms with E-state index >= 15 is 0 Å². The van der Waals surface area contributed by atoms with Crippen molar-refractivity contribution in [2.24, 2.45) is 5.73 Å². The molecule has 2 heterocycles. The van der Waals surface area contributed by atoms with E-state index in [2.05, 4.69) is 4.90 Å². The van der Waals surface area contributed by atoms with Gasteiger partial charge in [0.2, 0.25) is 6.79 Å². The quantitative estimate of drug-likeness (QED) is 0.696. The Morgan fingerprint density at radius 3 is 3.00 bits per heavy atom. The average Bonchev–Trinajstić information content (AvgIpc) is 2.87. The van der Waals surface area contributed by atoms with Gasteiger partial charge in [0, 0.05) is 24.8 Å². The van der Waals surface area contributed by atoms with Crippen molar-refractivity contribution in [2.45, 2.75) is 6.04 Å². The third-order valence-corrected chi connectivity index (χ3v) is 2.67. The lowest BCUT2D eigenvalue weighted by atomic mass is 10.3. The zero-order chi connectivity index (χ0) is 9.54. The number of fused-ring (bicyclic) bond motifs is 1. The zero-order valence-electron chi connectivity index (χ0n) is 7.77. The minimum absolute atomic E-state index is 0.332. The molecule has 0 spiro atoms. The van der Waals surface area contributed by atoms with Crippen LogP contribution in [0.5, 0.6) is 11.5 Å². The van der Waals surface area contributed by atoms with E-state index in [1.807, 2.05) is 18.2 Å². The van der Waals surface area contributed by atoms with Crippen LogP contribution >= 0.6 is 0 Å². The Morgan fingerprint density at radius 2 is 2.21 bits per heavy atom. The van der Waals surface area contributed by atoms with E-state index in [-0.39, 0.29) is 0 Å². The normalized spacial score (nSPS) is 22.6. The maximum absolute atomic E-state index is 5.58. The first kappa shape index (κ1) is 7.94. The number of hydrogen-bond donors (Lipinski definition) is 1. The first-order valence-corrected chi connectivity index (χ1v) is 4.75. The first-order valence-electron chi connectivity index (χ1n) is 4.75. The number of nitrogens with two attached hydrogens (primary N) is 1. The second-order valence-corrected chi connectivity index (χ2v) is 3.58. The SMILES string of the molecule is NCC1CN1c1ccc2c(c1)OCO2. The van der Waals surface area contributed by atoms with Gasteiger partial charge in [0.15, 0.2) is 11.5 Å². The summed E-state index contributed by atoms with van der Waals surface area (Å²) in [6, 6.07) is 6.51.